The lowest BCUT2D eigenvalue weighted by Gasteiger charge is -2.32. The van der Waals surface area contributed by atoms with Crippen molar-refractivity contribution >= 4 is 15.9 Å². The molecule has 1 unspecified atom stereocenters. The summed E-state index contributed by atoms with van der Waals surface area (Å²) in [6.07, 6.45) is 6.57. The van der Waals surface area contributed by atoms with Crippen LogP contribution in [0.4, 0.5) is 0 Å². The first-order chi connectivity index (χ1) is 11.0. The van der Waals surface area contributed by atoms with Crippen molar-refractivity contribution in [3.8, 4) is 0 Å². The number of piperidine rings is 1. The first-order valence-electron chi connectivity index (χ1n) is 8.95. The summed E-state index contributed by atoms with van der Waals surface area (Å²) in [5.41, 5.74) is 0. The fraction of sp³-hybridized carbons (Fsp3) is 0.938. The number of amides is 1. The molecule has 2 saturated heterocycles. The van der Waals surface area contributed by atoms with Crippen LogP contribution in [-0.4, -0.2) is 67.2 Å². The Balaban J connectivity index is 1.49. The maximum Gasteiger partial charge on any atom is 0.252 e. The predicted octanol–water partition coefficient (Wildman–Crippen LogP) is 1.36. The van der Waals surface area contributed by atoms with E-state index in [-0.39, 0.29) is 23.9 Å². The minimum absolute atomic E-state index is 0.00999. The van der Waals surface area contributed by atoms with Crippen molar-refractivity contribution in [3.63, 3.8) is 0 Å². The molecule has 1 atom stereocenters. The Morgan fingerprint density at radius 3 is 2.30 bits per heavy atom. The predicted molar refractivity (Wildman–Crippen MR) is 87.5 cm³/mol. The number of hydrogen-bond acceptors (Lipinski definition) is 4. The molecular formula is C16H28N2O4S. The van der Waals surface area contributed by atoms with E-state index >= 15 is 0 Å². The van der Waals surface area contributed by atoms with Gasteiger partial charge in [0.05, 0.1) is 11.9 Å². The van der Waals surface area contributed by atoms with Gasteiger partial charge in [-0.3, -0.25) is 4.79 Å². The van der Waals surface area contributed by atoms with Gasteiger partial charge in [0, 0.05) is 32.1 Å². The van der Waals surface area contributed by atoms with Crippen LogP contribution in [0.1, 0.15) is 51.9 Å². The Bertz CT molecular complexity index is 522. The second kappa shape index (κ2) is 7.07. The van der Waals surface area contributed by atoms with Gasteiger partial charge in [-0.05, 0) is 32.6 Å². The fourth-order valence-corrected chi connectivity index (χ4v) is 5.17. The van der Waals surface area contributed by atoms with Gasteiger partial charge in [0.1, 0.15) is 6.10 Å². The highest BCUT2D eigenvalue weighted by Crippen LogP contribution is 2.29. The van der Waals surface area contributed by atoms with Crippen LogP contribution < -0.4 is 0 Å². The summed E-state index contributed by atoms with van der Waals surface area (Å²) in [7, 11) is -3.10. The molecule has 0 bridgehead atoms. The van der Waals surface area contributed by atoms with Gasteiger partial charge in [-0.25, -0.2) is 12.7 Å². The topological polar surface area (TPSA) is 66.9 Å². The van der Waals surface area contributed by atoms with Crippen molar-refractivity contribution in [3.05, 3.63) is 0 Å². The highest BCUT2D eigenvalue weighted by molar-refractivity contribution is 7.89. The van der Waals surface area contributed by atoms with Gasteiger partial charge in [-0.15, -0.1) is 0 Å². The van der Waals surface area contributed by atoms with E-state index in [1.807, 2.05) is 4.90 Å². The van der Waals surface area contributed by atoms with Crippen molar-refractivity contribution in [2.75, 3.05) is 25.4 Å². The Kier molecular flexibility index (Phi) is 5.28. The minimum Gasteiger partial charge on any atom is -0.365 e. The third-order valence-electron chi connectivity index (χ3n) is 5.47. The molecule has 3 fully saturated rings. The van der Waals surface area contributed by atoms with E-state index in [0.717, 1.165) is 25.8 Å². The third kappa shape index (κ3) is 3.72. The quantitative estimate of drug-likeness (QED) is 0.755. The van der Waals surface area contributed by atoms with E-state index in [1.54, 1.807) is 11.2 Å². The zero-order valence-electron chi connectivity index (χ0n) is 13.9. The molecule has 3 aliphatic rings. The molecule has 0 aromatic rings. The molecule has 0 spiro atoms. The van der Waals surface area contributed by atoms with Gasteiger partial charge >= 0.3 is 0 Å². The summed E-state index contributed by atoms with van der Waals surface area (Å²) < 4.78 is 31.3. The Hall–Kier alpha value is -0.660. The van der Waals surface area contributed by atoms with Crippen LogP contribution in [0.5, 0.6) is 0 Å². The number of nitrogens with zero attached hydrogens (tertiary/aromatic N) is 2. The largest absolute Gasteiger partial charge is 0.365 e. The minimum atomic E-state index is -3.10. The average Bonchev–Trinajstić information content (AvgIpc) is 3.19. The number of sulfonamides is 1. The molecule has 23 heavy (non-hydrogen) atoms. The molecule has 2 aliphatic heterocycles. The first-order valence-corrected chi connectivity index (χ1v) is 10.6. The average molecular weight is 344 g/mol. The molecule has 7 heteroatoms. The molecule has 0 aromatic carbocycles. The highest BCUT2D eigenvalue weighted by Gasteiger charge is 2.39. The standard InChI is InChI=1S/C16H28N2O4S/c1-2-23(20,21)17-10-7-14(8-11-17)22-15-9-12-18(16(15)19)13-5-3-4-6-13/h13-15H,2-12H2,1H3. The Morgan fingerprint density at radius 2 is 1.70 bits per heavy atom. The first kappa shape index (κ1) is 17.2. The smallest absolute Gasteiger partial charge is 0.252 e. The van der Waals surface area contributed by atoms with E-state index in [4.69, 9.17) is 4.74 Å². The molecule has 0 radical (unpaired) electrons. The third-order valence-corrected chi connectivity index (χ3v) is 7.35. The summed E-state index contributed by atoms with van der Waals surface area (Å²) in [5, 5.41) is 0. The summed E-state index contributed by atoms with van der Waals surface area (Å²) in [6.45, 7) is 3.51. The lowest BCUT2D eigenvalue weighted by molar-refractivity contribution is -0.143. The van der Waals surface area contributed by atoms with E-state index in [1.165, 1.54) is 12.8 Å². The van der Waals surface area contributed by atoms with Gasteiger partial charge < -0.3 is 9.64 Å². The van der Waals surface area contributed by atoms with Crippen LogP contribution in [0, 0.1) is 0 Å². The van der Waals surface area contributed by atoms with Crippen LogP contribution in [0.15, 0.2) is 0 Å². The number of carbonyl (C=O) groups is 1. The molecule has 1 aliphatic carbocycles. The van der Waals surface area contributed by atoms with Crippen LogP contribution in [0.2, 0.25) is 0 Å². The molecule has 132 valence electrons. The summed E-state index contributed by atoms with van der Waals surface area (Å²) >= 11 is 0. The van der Waals surface area contributed by atoms with E-state index in [9.17, 15) is 13.2 Å². The lowest BCUT2D eigenvalue weighted by Crippen LogP contribution is -2.43. The van der Waals surface area contributed by atoms with Gasteiger partial charge in [0.25, 0.3) is 5.91 Å². The summed E-state index contributed by atoms with van der Waals surface area (Å²) in [4.78, 5) is 14.6. The number of likely N-dealkylation sites (tertiary alicyclic amines) is 1. The highest BCUT2D eigenvalue weighted by atomic mass is 32.2. The number of ether oxygens (including phenoxy) is 1. The van der Waals surface area contributed by atoms with E-state index in [0.29, 0.717) is 32.0 Å². The van der Waals surface area contributed by atoms with Crippen LogP contribution in [-0.2, 0) is 19.6 Å². The lowest BCUT2D eigenvalue weighted by atomic mass is 10.1. The van der Waals surface area contributed by atoms with Gasteiger partial charge in [-0.1, -0.05) is 12.8 Å². The second-order valence-corrected chi connectivity index (χ2v) is 9.14. The van der Waals surface area contributed by atoms with Crippen molar-refractivity contribution in [1.82, 2.24) is 9.21 Å². The molecule has 1 saturated carbocycles. The van der Waals surface area contributed by atoms with Crippen molar-refractivity contribution in [1.29, 1.82) is 0 Å². The Morgan fingerprint density at radius 1 is 1.04 bits per heavy atom. The molecular weight excluding hydrogens is 316 g/mol. The second-order valence-electron chi connectivity index (χ2n) is 6.88. The van der Waals surface area contributed by atoms with Crippen LogP contribution in [0.25, 0.3) is 0 Å². The molecule has 6 nitrogen and oxygen atoms in total. The normalized spacial score (nSPS) is 28.8. The maximum absolute atomic E-state index is 12.5. The molecule has 3 rings (SSSR count). The van der Waals surface area contributed by atoms with Crippen molar-refractivity contribution in [2.45, 2.75) is 70.1 Å². The number of carbonyl (C=O) groups excluding carboxylic acids is 1. The summed E-state index contributed by atoms with van der Waals surface area (Å²) in [6, 6.07) is 0.424. The number of rotatable bonds is 5. The van der Waals surface area contributed by atoms with Gasteiger partial charge in [0.2, 0.25) is 10.0 Å². The zero-order chi connectivity index (χ0) is 16.4. The van der Waals surface area contributed by atoms with Crippen LogP contribution in [0.3, 0.4) is 0 Å². The molecule has 0 N–H and O–H groups in total. The molecule has 0 aromatic heterocycles. The van der Waals surface area contributed by atoms with Crippen molar-refractivity contribution in [2.24, 2.45) is 0 Å². The fourth-order valence-electron chi connectivity index (χ4n) is 4.04. The van der Waals surface area contributed by atoms with Crippen LogP contribution >= 0.6 is 0 Å². The van der Waals surface area contributed by atoms with Gasteiger partial charge in [0.15, 0.2) is 0 Å². The molecule has 1 amide bonds. The summed E-state index contributed by atoms with van der Waals surface area (Å²) in [5.74, 6) is 0.302. The Labute approximate surface area is 139 Å². The van der Waals surface area contributed by atoms with E-state index < -0.39 is 10.0 Å². The van der Waals surface area contributed by atoms with Gasteiger partial charge in [-0.2, -0.15) is 0 Å². The van der Waals surface area contributed by atoms with E-state index in [2.05, 4.69) is 0 Å². The molecule has 2 heterocycles. The SMILES string of the molecule is CCS(=O)(=O)N1CCC(OC2CCN(C3CCCC3)C2=O)CC1. The maximum atomic E-state index is 12.5. The number of hydrogen-bond donors (Lipinski definition) is 0. The zero-order valence-corrected chi connectivity index (χ0v) is 14.8. The van der Waals surface area contributed by atoms with Crippen molar-refractivity contribution < 1.29 is 17.9 Å². The monoisotopic (exact) mass is 344 g/mol.